The minimum absolute atomic E-state index is 0.587. The van der Waals surface area contributed by atoms with Gasteiger partial charge >= 0.3 is 0 Å². The van der Waals surface area contributed by atoms with E-state index in [2.05, 4.69) is 13.8 Å². The highest BCUT2D eigenvalue weighted by Gasteiger charge is 2.19. The van der Waals surface area contributed by atoms with Crippen LogP contribution in [0.25, 0.3) is 0 Å². The fraction of sp³-hybridized carbons (Fsp3) is 1.00. The maximum Gasteiger partial charge on any atom is -0.00489 e. The van der Waals surface area contributed by atoms with Gasteiger partial charge in [-0.3, -0.25) is 0 Å². The minimum Gasteiger partial charge on any atom is -0.330 e. The van der Waals surface area contributed by atoms with Crippen molar-refractivity contribution in [2.45, 2.75) is 58.8 Å². The van der Waals surface area contributed by atoms with Gasteiger partial charge in [-0.2, -0.15) is 0 Å². The van der Waals surface area contributed by atoms with Crippen LogP contribution in [-0.4, -0.2) is 6.54 Å². The number of hydrogen-bond acceptors (Lipinski definition) is 1. The Labute approximate surface area is 83.1 Å². The Balaban J connectivity index is 2.38. The lowest BCUT2D eigenvalue weighted by molar-refractivity contribution is 0.291. The minimum atomic E-state index is 0.587. The Kier molecular flexibility index (Phi) is 4.24. The smallest absolute Gasteiger partial charge is 0.00489 e. The van der Waals surface area contributed by atoms with Gasteiger partial charge in [-0.25, -0.2) is 0 Å². The van der Waals surface area contributed by atoms with E-state index in [-0.39, 0.29) is 0 Å². The average Bonchev–Trinajstić information content (AvgIpc) is 2.15. The van der Waals surface area contributed by atoms with Gasteiger partial charge in [-0.15, -0.1) is 0 Å². The molecule has 1 unspecified atom stereocenters. The summed E-state index contributed by atoms with van der Waals surface area (Å²) in [5, 5.41) is 0. The van der Waals surface area contributed by atoms with Crippen molar-refractivity contribution in [3.8, 4) is 0 Å². The quantitative estimate of drug-likeness (QED) is 0.663. The lowest BCUT2D eigenvalue weighted by Gasteiger charge is -2.23. The summed E-state index contributed by atoms with van der Waals surface area (Å²) in [6.45, 7) is 5.73. The first-order valence-corrected chi connectivity index (χ1v) is 5.84. The molecule has 0 aromatic carbocycles. The highest BCUT2D eigenvalue weighted by Crippen LogP contribution is 2.33. The molecule has 0 aliphatic heterocycles. The Morgan fingerprint density at radius 2 is 1.69 bits per heavy atom. The van der Waals surface area contributed by atoms with Crippen LogP contribution in [0.3, 0.4) is 0 Å². The summed E-state index contributed by atoms with van der Waals surface area (Å²) >= 11 is 0. The van der Waals surface area contributed by atoms with Gasteiger partial charge in [0, 0.05) is 0 Å². The molecule has 0 aromatic rings. The molecule has 1 rings (SSSR count). The van der Waals surface area contributed by atoms with Crippen molar-refractivity contribution in [1.82, 2.24) is 0 Å². The monoisotopic (exact) mass is 183 g/mol. The Morgan fingerprint density at radius 3 is 2.38 bits per heavy atom. The van der Waals surface area contributed by atoms with Crippen LogP contribution in [0, 0.1) is 11.3 Å². The van der Waals surface area contributed by atoms with Crippen LogP contribution in [0.1, 0.15) is 58.8 Å². The maximum atomic E-state index is 5.74. The first-order chi connectivity index (χ1) is 6.14. The number of rotatable bonds is 1. The third-order valence-corrected chi connectivity index (χ3v) is 3.52. The predicted molar refractivity (Wildman–Crippen MR) is 58.6 cm³/mol. The van der Waals surface area contributed by atoms with Crippen LogP contribution in [0.2, 0.25) is 0 Å². The first-order valence-electron chi connectivity index (χ1n) is 5.84. The van der Waals surface area contributed by atoms with Crippen molar-refractivity contribution in [2.24, 2.45) is 17.1 Å². The lowest BCUT2D eigenvalue weighted by atomic mass is 9.83. The van der Waals surface area contributed by atoms with Crippen LogP contribution in [0.15, 0.2) is 0 Å². The lowest BCUT2D eigenvalue weighted by Crippen LogP contribution is -2.14. The molecule has 0 radical (unpaired) electrons. The standard InChI is InChI=1S/C12H25N/c1-12(2)8-4-3-6-11(10-13)7-5-9-12/h11H,3-10,13H2,1-2H3. The van der Waals surface area contributed by atoms with Gasteiger partial charge in [-0.05, 0) is 43.6 Å². The summed E-state index contributed by atoms with van der Waals surface area (Å²) in [6.07, 6.45) is 9.71. The van der Waals surface area contributed by atoms with Gasteiger partial charge in [0.25, 0.3) is 0 Å². The topological polar surface area (TPSA) is 26.0 Å². The predicted octanol–water partition coefficient (Wildman–Crippen LogP) is 3.33. The Bertz CT molecular complexity index is 140. The van der Waals surface area contributed by atoms with Gasteiger partial charge in [0.2, 0.25) is 0 Å². The van der Waals surface area contributed by atoms with Crippen molar-refractivity contribution in [1.29, 1.82) is 0 Å². The fourth-order valence-corrected chi connectivity index (χ4v) is 2.41. The van der Waals surface area contributed by atoms with Crippen molar-refractivity contribution in [3.63, 3.8) is 0 Å². The molecule has 1 heteroatoms. The molecule has 1 atom stereocenters. The van der Waals surface area contributed by atoms with E-state index in [1.165, 1.54) is 44.9 Å². The molecule has 13 heavy (non-hydrogen) atoms. The summed E-state index contributed by atoms with van der Waals surface area (Å²) in [5.41, 5.74) is 6.33. The highest BCUT2D eigenvalue weighted by atomic mass is 14.5. The zero-order valence-electron chi connectivity index (χ0n) is 9.31. The van der Waals surface area contributed by atoms with Gasteiger partial charge in [-0.1, -0.05) is 33.1 Å². The van der Waals surface area contributed by atoms with Gasteiger partial charge in [0.15, 0.2) is 0 Å². The molecule has 1 fully saturated rings. The van der Waals surface area contributed by atoms with Gasteiger partial charge in [0.1, 0.15) is 0 Å². The molecule has 0 aromatic heterocycles. The van der Waals surface area contributed by atoms with Crippen LogP contribution < -0.4 is 5.73 Å². The maximum absolute atomic E-state index is 5.74. The fourth-order valence-electron chi connectivity index (χ4n) is 2.41. The molecular formula is C12H25N. The third-order valence-electron chi connectivity index (χ3n) is 3.52. The molecule has 0 amide bonds. The van der Waals surface area contributed by atoms with Crippen molar-refractivity contribution < 1.29 is 0 Å². The van der Waals surface area contributed by atoms with Crippen molar-refractivity contribution in [3.05, 3.63) is 0 Å². The van der Waals surface area contributed by atoms with Gasteiger partial charge in [0.05, 0.1) is 0 Å². The largest absolute Gasteiger partial charge is 0.330 e. The van der Waals surface area contributed by atoms with E-state index in [0.717, 1.165) is 12.5 Å². The molecule has 0 spiro atoms. The summed E-state index contributed by atoms with van der Waals surface area (Å²) in [4.78, 5) is 0. The van der Waals surface area contributed by atoms with Crippen LogP contribution in [-0.2, 0) is 0 Å². The Hall–Kier alpha value is -0.0400. The zero-order valence-corrected chi connectivity index (χ0v) is 9.31. The SMILES string of the molecule is CC1(C)CCCCC(CN)CCC1. The molecule has 1 saturated carbocycles. The second-order valence-corrected chi connectivity index (χ2v) is 5.40. The Morgan fingerprint density at radius 1 is 1.08 bits per heavy atom. The third kappa shape index (κ3) is 4.12. The summed E-state index contributed by atoms with van der Waals surface area (Å²) in [7, 11) is 0. The van der Waals surface area contributed by atoms with Crippen LogP contribution in [0.5, 0.6) is 0 Å². The van der Waals surface area contributed by atoms with Crippen molar-refractivity contribution in [2.75, 3.05) is 6.54 Å². The summed E-state index contributed by atoms with van der Waals surface area (Å²) in [6, 6.07) is 0. The highest BCUT2D eigenvalue weighted by molar-refractivity contribution is 4.73. The average molecular weight is 183 g/mol. The summed E-state index contributed by atoms with van der Waals surface area (Å²) in [5.74, 6) is 0.814. The van der Waals surface area contributed by atoms with E-state index in [0.29, 0.717) is 5.41 Å². The number of hydrogen-bond donors (Lipinski definition) is 1. The van der Waals surface area contributed by atoms with E-state index < -0.39 is 0 Å². The van der Waals surface area contributed by atoms with E-state index in [4.69, 9.17) is 5.73 Å². The van der Waals surface area contributed by atoms with Crippen molar-refractivity contribution >= 4 is 0 Å². The second-order valence-electron chi connectivity index (χ2n) is 5.40. The molecule has 1 aliphatic rings. The zero-order chi connectivity index (χ0) is 9.73. The van der Waals surface area contributed by atoms with Crippen LogP contribution >= 0.6 is 0 Å². The van der Waals surface area contributed by atoms with Crippen LogP contribution in [0.4, 0.5) is 0 Å². The molecule has 2 N–H and O–H groups in total. The van der Waals surface area contributed by atoms with E-state index >= 15 is 0 Å². The second kappa shape index (κ2) is 4.99. The normalized spacial score (nSPS) is 30.2. The van der Waals surface area contributed by atoms with Gasteiger partial charge < -0.3 is 5.73 Å². The summed E-state index contributed by atoms with van der Waals surface area (Å²) < 4.78 is 0. The first kappa shape index (κ1) is 11.0. The molecule has 1 aliphatic carbocycles. The number of nitrogens with two attached hydrogens (primary N) is 1. The molecule has 0 bridgehead atoms. The molecular weight excluding hydrogens is 158 g/mol. The van der Waals surface area contributed by atoms with E-state index in [1.54, 1.807) is 0 Å². The molecule has 1 nitrogen and oxygen atoms in total. The molecule has 0 saturated heterocycles. The molecule has 78 valence electrons. The van der Waals surface area contributed by atoms with E-state index in [1.807, 2.05) is 0 Å². The molecule has 0 heterocycles. The van der Waals surface area contributed by atoms with E-state index in [9.17, 15) is 0 Å².